The largest absolute Gasteiger partial charge is 0.464 e. The maximum absolute atomic E-state index is 12.0. The minimum atomic E-state index is -0.427. The van der Waals surface area contributed by atoms with E-state index in [1.54, 1.807) is 12.3 Å². The standard InChI is InChI=1S/C15H18N4O3S.ClH/c1-22-14(21)11-5-9(7-17-11)12-8-23-15(18-12)19-13(20)6-10-3-2-4-16-10;/h5,7-8,10,16-17H,2-4,6H2,1H3,(H,18,19,20);1H. The van der Waals surface area contributed by atoms with Crippen LogP contribution in [0.4, 0.5) is 5.13 Å². The lowest BCUT2D eigenvalue weighted by Crippen LogP contribution is -2.27. The lowest BCUT2D eigenvalue weighted by molar-refractivity contribution is -0.116. The van der Waals surface area contributed by atoms with Gasteiger partial charge in [0.1, 0.15) is 5.69 Å². The number of aromatic amines is 1. The third-order valence-corrected chi connectivity index (χ3v) is 4.49. The average molecular weight is 371 g/mol. The Morgan fingerprint density at radius 1 is 1.50 bits per heavy atom. The van der Waals surface area contributed by atoms with Gasteiger partial charge in [-0.2, -0.15) is 0 Å². The molecule has 0 aromatic carbocycles. The molecule has 1 aliphatic heterocycles. The minimum absolute atomic E-state index is 0. The molecule has 3 rings (SSSR count). The third-order valence-electron chi connectivity index (χ3n) is 3.73. The molecule has 130 valence electrons. The summed E-state index contributed by atoms with van der Waals surface area (Å²) in [5.41, 5.74) is 1.85. The number of nitrogens with one attached hydrogen (secondary N) is 3. The number of anilines is 1. The van der Waals surface area contributed by atoms with E-state index in [4.69, 9.17) is 0 Å². The van der Waals surface area contributed by atoms with Crippen molar-refractivity contribution in [3.05, 3.63) is 23.3 Å². The zero-order valence-electron chi connectivity index (χ0n) is 13.1. The van der Waals surface area contributed by atoms with E-state index in [1.807, 2.05) is 5.38 Å². The van der Waals surface area contributed by atoms with Crippen molar-refractivity contribution in [1.29, 1.82) is 0 Å². The second kappa shape index (κ2) is 8.27. The van der Waals surface area contributed by atoms with Gasteiger partial charge in [-0.15, -0.1) is 23.7 Å². The smallest absolute Gasteiger partial charge is 0.354 e. The van der Waals surface area contributed by atoms with Crippen molar-refractivity contribution in [2.24, 2.45) is 0 Å². The van der Waals surface area contributed by atoms with Gasteiger partial charge in [0.2, 0.25) is 5.91 Å². The summed E-state index contributed by atoms with van der Waals surface area (Å²) in [6.07, 6.45) is 4.31. The quantitative estimate of drug-likeness (QED) is 0.702. The highest BCUT2D eigenvalue weighted by Crippen LogP contribution is 2.26. The number of carbonyl (C=O) groups excluding carboxylic acids is 2. The van der Waals surface area contributed by atoms with Crippen molar-refractivity contribution in [3.63, 3.8) is 0 Å². The highest BCUT2D eigenvalue weighted by Gasteiger charge is 2.18. The molecule has 0 saturated carbocycles. The molecule has 1 fully saturated rings. The Bertz CT molecular complexity index is 709. The summed E-state index contributed by atoms with van der Waals surface area (Å²) in [7, 11) is 1.33. The van der Waals surface area contributed by atoms with E-state index in [9.17, 15) is 9.59 Å². The van der Waals surface area contributed by atoms with Crippen LogP contribution >= 0.6 is 23.7 Å². The Morgan fingerprint density at radius 2 is 2.33 bits per heavy atom. The second-order valence-electron chi connectivity index (χ2n) is 5.38. The monoisotopic (exact) mass is 370 g/mol. The highest BCUT2D eigenvalue weighted by molar-refractivity contribution is 7.14. The molecule has 1 atom stereocenters. The van der Waals surface area contributed by atoms with E-state index in [2.05, 4.69) is 25.3 Å². The molecule has 9 heteroatoms. The predicted molar refractivity (Wildman–Crippen MR) is 94.8 cm³/mol. The summed E-state index contributed by atoms with van der Waals surface area (Å²) in [6.45, 7) is 0.982. The third kappa shape index (κ3) is 4.34. The molecule has 3 heterocycles. The Morgan fingerprint density at radius 3 is 3.04 bits per heavy atom. The molecule has 0 spiro atoms. The van der Waals surface area contributed by atoms with Crippen LogP contribution in [0.3, 0.4) is 0 Å². The van der Waals surface area contributed by atoms with E-state index in [0.29, 0.717) is 22.9 Å². The number of nitrogens with zero attached hydrogens (tertiary/aromatic N) is 1. The molecule has 3 N–H and O–H groups in total. The molecule has 1 aliphatic rings. The Balaban J connectivity index is 0.00000208. The fourth-order valence-electron chi connectivity index (χ4n) is 2.56. The molecule has 0 bridgehead atoms. The van der Waals surface area contributed by atoms with Gasteiger partial charge < -0.3 is 20.4 Å². The van der Waals surface area contributed by atoms with Gasteiger partial charge in [-0.05, 0) is 25.5 Å². The molecule has 2 aromatic rings. The molecule has 24 heavy (non-hydrogen) atoms. The number of rotatable bonds is 5. The zero-order valence-corrected chi connectivity index (χ0v) is 14.8. The lowest BCUT2D eigenvalue weighted by Gasteiger charge is -2.08. The van der Waals surface area contributed by atoms with Crippen molar-refractivity contribution in [2.75, 3.05) is 19.0 Å². The van der Waals surface area contributed by atoms with Crippen LogP contribution in [0.2, 0.25) is 0 Å². The van der Waals surface area contributed by atoms with Gasteiger partial charge >= 0.3 is 5.97 Å². The molecule has 1 unspecified atom stereocenters. The van der Waals surface area contributed by atoms with Crippen molar-refractivity contribution < 1.29 is 14.3 Å². The first-order chi connectivity index (χ1) is 11.2. The first-order valence-electron chi connectivity index (χ1n) is 7.41. The molecule has 7 nitrogen and oxygen atoms in total. The van der Waals surface area contributed by atoms with E-state index in [-0.39, 0.29) is 24.4 Å². The van der Waals surface area contributed by atoms with Gasteiger partial charge in [-0.1, -0.05) is 0 Å². The first kappa shape index (κ1) is 18.4. The molecule has 2 aromatic heterocycles. The predicted octanol–water partition coefficient (Wildman–Crippen LogP) is 2.43. The number of thiazole rings is 1. The first-order valence-corrected chi connectivity index (χ1v) is 8.29. The summed E-state index contributed by atoms with van der Waals surface area (Å²) in [6, 6.07) is 1.94. The SMILES string of the molecule is COC(=O)c1cc(-c2csc(NC(=O)CC3CCCN3)n2)c[nH]1.Cl. The fourth-order valence-corrected chi connectivity index (χ4v) is 3.29. The van der Waals surface area contributed by atoms with E-state index in [0.717, 1.165) is 24.9 Å². The summed E-state index contributed by atoms with van der Waals surface area (Å²) >= 11 is 1.36. The van der Waals surface area contributed by atoms with Crippen molar-refractivity contribution in [2.45, 2.75) is 25.3 Å². The van der Waals surface area contributed by atoms with Crippen molar-refractivity contribution in [1.82, 2.24) is 15.3 Å². The van der Waals surface area contributed by atoms with E-state index in [1.165, 1.54) is 18.4 Å². The Kier molecular flexibility index (Phi) is 6.36. The number of hydrogen-bond acceptors (Lipinski definition) is 6. The number of carbonyl (C=O) groups is 2. The van der Waals surface area contributed by atoms with Gasteiger partial charge in [0.15, 0.2) is 5.13 Å². The second-order valence-corrected chi connectivity index (χ2v) is 6.24. The lowest BCUT2D eigenvalue weighted by atomic mass is 10.1. The maximum atomic E-state index is 12.0. The summed E-state index contributed by atoms with van der Waals surface area (Å²) < 4.78 is 4.66. The zero-order chi connectivity index (χ0) is 16.2. The van der Waals surface area contributed by atoms with Crippen LogP contribution in [0.1, 0.15) is 29.8 Å². The normalized spacial score (nSPS) is 16.5. The number of hydrogen-bond donors (Lipinski definition) is 3. The van der Waals surface area contributed by atoms with E-state index >= 15 is 0 Å². The Labute approximate surface area is 149 Å². The molecule has 1 saturated heterocycles. The number of halogens is 1. The minimum Gasteiger partial charge on any atom is -0.464 e. The molecule has 1 amide bonds. The van der Waals surface area contributed by atoms with Crippen molar-refractivity contribution in [3.8, 4) is 11.3 Å². The van der Waals surface area contributed by atoms with Crippen LogP contribution in [-0.2, 0) is 9.53 Å². The van der Waals surface area contributed by atoms with Crippen LogP contribution in [0, 0.1) is 0 Å². The summed E-state index contributed by atoms with van der Waals surface area (Å²) in [5.74, 6) is -0.460. The van der Waals surface area contributed by atoms with Crippen LogP contribution < -0.4 is 10.6 Å². The van der Waals surface area contributed by atoms with Gasteiger partial charge in [-0.3, -0.25) is 4.79 Å². The molecule has 0 aliphatic carbocycles. The van der Waals surface area contributed by atoms with Gasteiger partial charge in [-0.25, -0.2) is 9.78 Å². The average Bonchev–Trinajstić information content (AvgIpc) is 3.26. The van der Waals surface area contributed by atoms with Crippen LogP contribution in [0.5, 0.6) is 0 Å². The number of esters is 1. The molecular weight excluding hydrogens is 352 g/mol. The van der Waals surface area contributed by atoms with Crippen LogP contribution in [0.15, 0.2) is 17.6 Å². The molecular formula is C15H19ClN4O3S. The Hall–Kier alpha value is -1.90. The number of methoxy groups -OCH3 is 1. The number of amides is 1. The van der Waals surface area contributed by atoms with Crippen LogP contribution in [-0.4, -0.2) is 41.5 Å². The van der Waals surface area contributed by atoms with E-state index < -0.39 is 5.97 Å². The van der Waals surface area contributed by atoms with Gasteiger partial charge in [0.25, 0.3) is 0 Å². The summed E-state index contributed by atoms with van der Waals surface area (Å²) in [4.78, 5) is 30.7. The van der Waals surface area contributed by atoms with Gasteiger partial charge in [0, 0.05) is 29.6 Å². The maximum Gasteiger partial charge on any atom is 0.354 e. The van der Waals surface area contributed by atoms with Crippen molar-refractivity contribution >= 4 is 40.8 Å². The highest BCUT2D eigenvalue weighted by atomic mass is 35.5. The number of aromatic nitrogens is 2. The summed E-state index contributed by atoms with van der Waals surface area (Å²) in [5, 5.41) is 8.52. The van der Waals surface area contributed by atoms with Gasteiger partial charge in [0.05, 0.1) is 12.8 Å². The molecule has 0 radical (unpaired) electrons. The van der Waals surface area contributed by atoms with Crippen LogP contribution in [0.25, 0.3) is 11.3 Å². The number of ether oxygens (including phenoxy) is 1. The fraction of sp³-hybridized carbons (Fsp3) is 0.400. The topological polar surface area (TPSA) is 96.1 Å². The number of H-pyrrole nitrogens is 1.